The van der Waals surface area contributed by atoms with Crippen LogP contribution in [-0.4, -0.2) is 9.97 Å². The van der Waals surface area contributed by atoms with Crippen LogP contribution in [-0.2, 0) is 6.18 Å². The van der Waals surface area contributed by atoms with Crippen molar-refractivity contribution in [2.24, 2.45) is 0 Å². The lowest BCUT2D eigenvalue weighted by atomic mass is 10.1. The molecule has 0 aliphatic heterocycles. The summed E-state index contributed by atoms with van der Waals surface area (Å²) in [6.07, 6.45) is -3.30. The van der Waals surface area contributed by atoms with Gasteiger partial charge in [0.2, 0.25) is 0 Å². The minimum Gasteiger partial charge on any atom is -0.393 e. The summed E-state index contributed by atoms with van der Waals surface area (Å²) in [5.41, 5.74) is 11.6. The van der Waals surface area contributed by atoms with Crippen molar-refractivity contribution >= 4 is 28.7 Å². The zero-order chi connectivity index (χ0) is 18.6. The number of nitrogen functional groups attached to an aromatic ring is 1. The lowest BCUT2D eigenvalue weighted by molar-refractivity contribution is -0.136. The van der Waals surface area contributed by atoms with Gasteiger partial charge in [-0.1, -0.05) is 30.3 Å². The van der Waals surface area contributed by atoms with Crippen LogP contribution >= 0.6 is 0 Å². The molecule has 0 saturated heterocycles. The van der Waals surface area contributed by atoms with Crippen molar-refractivity contribution in [2.45, 2.75) is 6.18 Å². The molecule has 3 aromatic rings. The lowest BCUT2D eigenvalue weighted by Gasteiger charge is -2.16. The van der Waals surface area contributed by atoms with Gasteiger partial charge < -0.3 is 11.1 Å². The molecule has 1 aromatic heterocycles. The third-order valence-electron chi connectivity index (χ3n) is 3.47. The van der Waals surface area contributed by atoms with Gasteiger partial charge in [-0.15, -0.1) is 0 Å². The highest BCUT2D eigenvalue weighted by atomic mass is 19.4. The van der Waals surface area contributed by atoms with E-state index in [2.05, 4.69) is 26.1 Å². The Morgan fingerprint density at radius 2 is 1.46 bits per heavy atom. The number of alkyl halides is 3. The van der Waals surface area contributed by atoms with E-state index in [-0.39, 0.29) is 23.0 Å². The number of nitrogens with one attached hydrogen (secondary N) is 3. The molecule has 0 radical (unpaired) electrons. The number of para-hydroxylation sites is 2. The number of hydrazine groups is 1. The minimum absolute atomic E-state index is 0.0639. The summed E-state index contributed by atoms with van der Waals surface area (Å²) < 4.78 is 39.3. The molecule has 0 spiro atoms. The maximum Gasteiger partial charge on any atom is 0.418 e. The van der Waals surface area contributed by atoms with Crippen LogP contribution < -0.4 is 21.9 Å². The van der Waals surface area contributed by atoms with E-state index in [1.54, 1.807) is 0 Å². The maximum atomic E-state index is 13.1. The predicted octanol–water partition coefficient (Wildman–Crippen LogP) is 4.26. The Labute approximate surface area is 147 Å². The molecular weight excluding hydrogens is 345 g/mol. The molecule has 0 aliphatic carbocycles. The summed E-state index contributed by atoms with van der Waals surface area (Å²) in [5, 5.41) is 2.62. The van der Waals surface area contributed by atoms with Crippen LogP contribution in [0.1, 0.15) is 5.56 Å². The van der Waals surface area contributed by atoms with Gasteiger partial charge in [0.1, 0.15) is 12.0 Å². The molecule has 26 heavy (non-hydrogen) atoms. The number of halogens is 3. The number of aromatic nitrogens is 2. The van der Waals surface area contributed by atoms with Gasteiger partial charge in [-0.3, -0.25) is 10.9 Å². The molecule has 5 N–H and O–H groups in total. The second kappa shape index (κ2) is 7.18. The first kappa shape index (κ1) is 17.3. The highest BCUT2D eigenvalue weighted by molar-refractivity contribution is 5.79. The van der Waals surface area contributed by atoms with E-state index in [4.69, 9.17) is 5.73 Å². The van der Waals surface area contributed by atoms with Gasteiger partial charge >= 0.3 is 6.18 Å². The molecule has 0 unspecified atom stereocenters. The van der Waals surface area contributed by atoms with Crippen LogP contribution in [0.3, 0.4) is 0 Å². The molecule has 6 nitrogen and oxygen atoms in total. The quantitative estimate of drug-likeness (QED) is 0.509. The number of nitrogens with two attached hydrogens (primary N) is 1. The van der Waals surface area contributed by atoms with E-state index in [9.17, 15) is 13.2 Å². The normalized spacial score (nSPS) is 11.0. The van der Waals surface area contributed by atoms with Crippen molar-refractivity contribution < 1.29 is 13.2 Å². The molecule has 134 valence electrons. The third-order valence-corrected chi connectivity index (χ3v) is 3.47. The summed E-state index contributed by atoms with van der Waals surface area (Å²) >= 11 is 0. The van der Waals surface area contributed by atoms with Crippen LogP contribution in [0.15, 0.2) is 60.9 Å². The van der Waals surface area contributed by atoms with E-state index in [0.29, 0.717) is 0 Å². The van der Waals surface area contributed by atoms with E-state index in [1.807, 2.05) is 30.3 Å². The van der Waals surface area contributed by atoms with Gasteiger partial charge in [0.15, 0.2) is 11.6 Å². The highest BCUT2D eigenvalue weighted by Crippen LogP contribution is 2.36. The fourth-order valence-corrected chi connectivity index (χ4v) is 2.21. The number of rotatable bonds is 5. The minimum atomic E-state index is -4.50. The van der Waals surface area contributed by atoms with Crippen LogP contribution in [0.5, 0.6) is 0 Å². The average molecular weight is 360 g/mol. The Kier molecular flexibility index (Phi) is 4.78. The van der Waals surface area contributed by atoms with Crippen molar-refractivity contribution in [2.75, 3.05) is 21.9 Å². The molecule has 0 saturated carbocycles. The maximum absolute atomic E-state index is 13.1. The monoisotopic (exact) mass is 360 g/mol. The summed E-state index contributed by atoms with van der Waals surface area (Å²) in [7, 11) is 0. The summed E-state index contributed by atoms with van der Waals surface area (Å²) in [6, 6.07) is 14.3. The molecule has 1 heterocycles. The average Bonchev–Trinajstić information content (AvgIpc) is 2.63. The molecular formula is C17H15F3N6. The highest BCUT2D eigenvalue weighted by Gasteiger charge is 2.33. The van der Waals surface area contributed by atoms with Gasteiger partial charge in [-0.2, -0.15) is 13.2 Å². The summed E-state index contributed by atoms with van der Waals surface area (Å²) in [4.78, 5) is 7.92. The number of nitrogens with zero attached hydrogens (tertiary/aromatic N) is 2. The van der Waals surface area contributed by atoms with E-state index in [1.165, 1.54) is 24.5 Å². The smallest absolute Gasteiger partial charge is 0.393 e. The molecule has 0 fully saturated rings. The molecule has 0 atom stereocenters. The van der Waals surface area contributed by atoms with Gasteiger partial charge in [0, 0.05) is 0 Å². The summed E-state index contributed by atoms with van der Waals surface area (Å²) in [6.45, 7) is 0. The topological polar surface area (TPSA) is 87.9 Å². The largest absolute Gasteiger partial charge is 0.418 e. The first-order chi connectivity index (χ1) is 12.4. The number of anilines is 5. The Bertz CT molecular complexity index is 883. The molecule has 9 heteroatoms. The number of hydrogen-bond donors (Lipinski definition) is 4. The van der Waals surface area contributed by atoms with Gasteiger partial charge in [-0.05, 0) is 24.3 Å². The first-order valence-corrected chi connectivity index (χ1v) is 7.56. The second-order valence-corrected chi connectivity index (χ2v) is 5.27. The van der Waals surface area contributed by atoms with Crippen molar-refractivity contribution in [3.05, 3.63) is 66.5 Å². The number of hydrogen-bond acceptors (Lipinski definition) is 6. The Morgan fingerprint density at radius 1 is 0.808 bits per heavy atom. The standard InChI is InChI=1S/C17H15F3N6/c18-17(19,20)12-8-4-5-9-13(12)24-15-14(21)16(23-10-22-15)26-25-11-6-2-1-3-7-11/h1-10,25H,21H2,(H2,22,23,24,26). The molecule has 0 aliphatic rings. The first-order valence-electron chi connectivity index (χ1n) is 7.56. The van der Waals surface area contributed by atoms with Gasteiger partial charge in [-0.25, -0.2) is 9.97 Å². The fraction of sp³-hybridized carbons (Fsp3) is 0.0588. The molecule has 0 bridgehead atoms. The third kappa shape index (κ3) is 3.94. The van der Waals surface area contributed by atoms with E-state index in [0.717, 1.165) is 11.8 Å². The SMILES string of the molecule is Nc1c(NNc2ccccc2)ncnc1Nc1ccccc1C(F)(F)F. The lowest BCUT2D eigenvalue weighted by Crippen LogP contribution is -2.14. The van der Waals surface area contributed by atoms with Crippen molar-refractivity contribution in [3.63, 3.8) is 0 Å². The van der Waals surface area contributed by atoms with Crippen LogP contribution in [0.2, 0.25) is 0 Å². The Hall–Kier alpha value is -3.49. The van der Waals surface area contributed by atoms with Crippen LogP contribution in [0, 0.1) is 0 Å². The second-order valence-electron chi connectivity index (χ2n) is 5.27. The Balaban J connectivity index is 1.82. The number of benzene rings is 2. The predicted molar refractivity (Wildman–Crippen MR) is 94.9 cm³/mol. The van der Waals surface area contributed by atoms with E-state index >= 15 is 0 Å². The molecule has 3 rings (SSSR count). The Morgan fingerprint density at radius 3 is 2.19 bits per heavy atom. The van der Waals surface area contributed by atoms with Gasteiger partial charge in [0.05, 0.1) is 16.9 Å². The zero-order valence-corrected chi connectivity index (χ0v) is 13.4. The molecule has 0 amide bonds. The van der Waals surface area contributed by atoms with Crippen molar-refractivity contribution in [3.8, 4) is 0 Å². The fourth-order valence-electron chi connectivity index (χ4n) is 2.21. The zero-order valence-electron chi connectivity index (χ0n) is 13.4. The van der Waals surface area contributed by atoms with Crippen LogP contribution in [0.4, 0.5) is 41.9 Å². The van der Waals surface area contributed by atoms with Crippen molar-refractivity contribution in [1.82, 2.24) is 9.97 Å². The summed E-state index contributed by atoms with van der Waals surface area (Å²) in [5.74, 6) is 0.296. The van der Waals surface area contributed by atoms with E-state index < -0.39 is 11.7 Å². The van der Waals surface area contributed by atoms with Crippen LogP contribution in [0.25, 0.3) is 0 Å². The van der Waals surface area contributed by atoms with Gasteiger partial charge in [0.25, 0.3) is 0 Å². The van der Waals surface area contributed by atoms with Crippen molar-refractivity contribution in [1.29, 1.82) is 0 Å². The molecule has 2 aromatic carbocycles.